The molecule has 0 saturated heterocycles. The summed E-state index contributed by atoms with van der Waals surface area (Å²) in [6.45, 7) is 3.59. The quantitative estimate of drug-likeness (QED) is 0.490. The van der Waals surface area contributed by atoms with Crippen LogP contribution in [0, 0.1) is 0 Å². The van der Waals surface area contributed by atoms with Crippen molar-refractivity contribution < 1.29 is 18.0 Å². The lowest BCUT2D eigenvalue weighted by atomic mass is 9.99. The average molecular weight is 453 g/mol. The fourth-order valence-electron chi connectivity index (χ4n) is 3.64. The van der Waals surface area contributed by atoms with Crippen molar-refractivity contribution in [2.75, 3.05) is 13.6 Å². The second-order valence-electron chi connectivity index (χ2n) is 7.87. The van der Waals surface area contributed by atoms with Crippen molar-refractivity contribution in [2.24, 2.45) is 0 Å². The van der Waals surface area contributed by atoms with Gasteiger partial charge in [0.15, 0.2) is 5.78 Å². The highest BCUT2D eigenvalue weighted by atomic mass is 32.2. The van der Waals surface area contributed by atoms with Crippen LogP contribution < -0.4 is 5.32 Å². The van der Waals surface area contributed by atoms with Crippen LogP contribution in [-0.4, -0.2) is 38.0 Å². The van der Waals surface area contributed by atoms with E-state index >= 15 is 0 Å². The molecule has 0 saturated carbocycles. The van der Waals surface area contributed by atoms with Crippen molar-refractivity contribution in [3.8, 4) is 0 Å². The van der Waals surface area contributed by atoms with Crippen LogP contribution in [0.3, 0.4) is 0 Å². The number of ketones is 1. The van der Waals surface area contributed by atoms with Crippen LogP contribution >= 0.6 is 0 Å². The minimum atomic E-state index is -3.68. The Bertz CT molecular complexity index is 1210. The second-order valence-corrected chi connectivity index (χ2v) is 9.91. The molecule has 0 radical (unpaired) electrons. The summed E-state index contributed by atoms with van der Waals surface area (Å²) in [5.41, 5.74) is 1.51. The molecule has 0 fully saturated rings. The van der Waals surface area contributed by atoms with E-state index in [-0.39, 0.29) is 35.6 Å². The second kappa shape index (κ2) is 10.1. The number of Topliss-reactive ketones (excluding diaryl/α,β-unsaturated/α-hetero) is 1. The summed E-state index contributed by atoms with van der Waals surface area (Å²) in [6.07, 6.45) is 0.619. The molecule has 6 nitrogen and oxygen atoms in total. The molecule has 0 aliphatic rings. The van der Waals surface area contributed by atoms with Gasteiger partial charge in [0.2, 0.25) is 15.9 Å². The molecule has 32 heavy (non-hydrogen) atoms. The molecule has 0 aliphatic heterocycles. The summed E-state index contributed by atoms with van der Waals surface area (Å²) in [6, 6.07) is 19.8. The van der Waals surface area contributed by atoms with Crippen LogP contribution in [0.15, 0.2) is 71.6 Å². The van der Waals surface area contributed by atoms with Crippen molar-refractivity contribution in [1.29, 1.82) is 0 Å². The van der Waals surface area contributed by atoms with Gasteiger partial charge in [0.05, 0.1) is 10.9 Å². The van der Waals surface area contributed by atoms with E-state index in [0.29, 0.717) is 12.0 Å². The summed E-state index contributed by atoms with van der Waals surface area (Å²) in [5, 5.41) is 5.23. The maximum atomic E-state index is 12.7. The number of carbonyl (C=O) groups excluding carboxylic acids is 2. The third-order valence-corrected chi connectivity index (χ3v) is 7.38. The van der Waals surface area contributed by atoms with Crippen LogP contribution in [0.2, 0.25) is 0 Å². The van der Waals surface area contributed by atoms with Gasteiger partial charge in [-0.05, 0) is 48.7 Å². The van der Waals surface area contributed by atoms with Gasteiger partial charge in [-0.15, -0.1) is 0 Å². The lowest BCUT2D eigenvalue weighted by Gasteiger charge is -2.19. The van der Waals surface area contributed by atoms with Gasteiger partial charge < -0.3 is 5.32 Å². The number of hydrogen-bond donors (Lipinski definition) is 1. The van der Waals surface area contributed by atoms with Gasteiger partial charge in [-0.2, -0.15) is 0 Å². The van der Waals surface area contributed by atoms with E-state index in [1.807, 2.05) is 49.4 Å². The highest BCUT2D eigenvalue weighted by Crippen LogP contribution is 2.24. The summed E-state index contributed by atoms with van der Waals surface area (Å²) in [7, 11) is -2.19. The largest absolute Gasteiger partial charge is 0.350 e. The van der Waals surface area contributed by atoms with Gasteiger partial charge in [0, 0.05) is 25.6 Å². The van der Waals surface area contributed by atoms with Gasteiger partial charge in [-0.25, -0.2) is 12.7 Å². The van der Waals surface area contributed by atoms with Gasteiger partial charge >= 0.3 is 0 Å². The molecule has 1 amide bonds. The van der Waals surface area contributed by atoms with Crippen molar-refractivity contribution in [3.05, 3.63) is 77.9 Å². The molecular weight excluding hydrogens is 424 g/mol. The van der Waals surface area contributed by atoms with Gasteiger partial charge in [-0.1, -0.05) is 54.6 Å². The molecule has 1 N–H and O–H groups in total. The Hall–Kier alpha value is -3.03. The van der Waals surface area contributed by atoms with Crippen LogP contribution in [0.25, 0.3) is 10.8 Å². The van der Waals surface area contributed by atoms with E-state index in [2.05, 4.69) is 5.32 Å². The van der Waals surface area contributed by atoms with Gasteiger partial charge in [-0.3, -0.25) is 9.59 Å². The maximum Gasteiger partial charge on any atom is 0.242 e. The lowest BCUT2D eigenvalue weighted by molar-refractivity contribution is -0.121. The van der Waals surface area contributed by atoms with E-state index < -0.39 is 10.0 Å². The molecule has 0 unspecified atom stereocenters. The molecule has 1 atom stereocenters. The Labute approximate surface area is 189 Å². The third-order valence-electron chi connectivity index (χ3n) is 5.51. The number of sulfonamides is 1. The van der Waals surface area contributed by atoms with Crippen LogP contribution in [0.5, 0.6) is 0 Å². The summed E-state index contributed by atoms with van der Waals surface area (Å²) in [5.74, 6) is -0.243. The summed E-state index contributed by atoms with van der Waals surface area (Å²) >= 11 is 0. The van der Waals surface area contributed by atoms with Crippen LogP contribution in [0.4, 0.5) is 0 Å². The molecule has 7 heteroatoms. The SMILES string of the molecule is CC(=O)c1ccc(S(=O)(=O)N(C)CCCC(=O)N[C@H](C)c2cccc3ccccc23)cc1. The number of hydrogen-bond acceptors (Lipinski definition) is 4. The molecule has 0 bridgehead atoms. The topological polar surface area (TPSA) is 83.6 Å². The number of carbonyl (C=O) groups is 2. The molecule has 0 spiro atoms. The normalized spacial score (nSPS) is 12.6. The summed E-state index contributed by atoms with van der Waals surface area (Å²) in [4.78, 5) is 24.0. The Morgan fingerprint density at radius 3 is 2.31 bits per heavy atom. The third kappa shape index (κ3) is 5.41. The predicted molar refractivity (Wildman–Crippen MR) is 126 cm³/mol. The molecule has 0 aliphatic carbocycles. The zero-order valence-corrected chi connectivity index (χ0v) is 19.4. The van der Waals surface area contributed by atoms with E-state index in [9.17, 15) is 18.0 Å². The highest BCUT2D eigenvalue weighted by molar-refractivity contribution is 7.89. The molecule has 168 valence electrons. The predicted octanol–water partition coefficient (Wildman–Crippen LogP) is 4.32. The first-order valence-corrected chi connectivity index (χ1v) is 12.0. The van der Waals surface area contributed by atoms with E-state index in [4.69, 9.17) is 0 Å². The Morgan fingerprint density at radius 1 is 0.969 bits per heavy atom. The fraction of sp³-hybridized carbons (Fsp3) is 0.280. The minimum Gasteiger partial charge on any atom is -0.350 e. The van der Waals surface area contributed by atoms with E-state index in [0.717, 1.165) is 16.3 Å². The Morgan fingerprint density at radius 2 is 1.62 bits per heavy atom. The zero-order chi connectivity index (χ0) is 23.3. The average Bonchev–Trinajstić information content (AvgIpc) is 2.78. The molecule has 3 aromatic rings. The van der Waals surface area contributed by atoms with Crippen LogP contribution in [-0.2, 0) is 14.8 Å². The number of nitrogens with zero attached hydrogens (tertiary/aromatic N) is 1. The molecule has 3 aromatic carbocycles. The number of benzene rings is 3. The Balaban J connectivity index is 1.55. The van der Waals surface area contributed by atoms with Crippen molar-refractivity contribution in [2.45, 2.75) is 37.6 Å². The first-order valence-electron chi connectivity index (χ1n) is 10.5. The highest BCUT2D eigenvalue weighted by Gasteiger charge is 2.21. The first kappa shape index (κ1) is 23.6. The summed E-state index contributed by atoms with van der Waals surface area (Å²) < 4.78 is 26.7. The fourth-order valence-corrected chi connectivity index (χ4v) is 4.85. The molecule has 0 heterocycles. The maximum absolute atomic E-state index is 12.7. The number of amides is 1. The number of fused-ring (bicyclic) bond motifs is 1. The Kier molecular flexibility index (Phi) is 7.43. The van der Waals surface area contributed by atoms with Crippen molar-refractivity contribution in [1.82, 2.24) is 9.62 Å². The molecular formula is C25H28N2O4S. The van der Waals surface area contributed by atoms with Gasteiger partial charge in [0.1, 0.15) is 0 Å². The van der Waals surface area contributed by atoms with E-state index in [1.54, 1.807) is 0 Å². The first-order chi connectivity index (χ1) is 15.2. The monoisotopic (exact) mass is 452 g/mol. The zero-order valence-electron chi connectivity index (χ0n) is 18.5. The van der Waals surface area contributed by atoms with Gasteiger partial charge in [0.25, 0.3) is 0 Å². The van der Waals surface area contributed by atoms with Crippen LogP contribution in [0.1, 0.15) is 48.7 Å². The van der Waals surface area contributed by atoms with Crippen molar-refractivity contribution >= 4 is 32.5 Å². The standard InChI is InChI=1S/C25H28N2O4S/c1-18(23-11-6-9-21-8-4-5-10-24(21)23)26-25(29)12-7-17-27(3)32(30,31)22-15-13-20(14-16-22)19(2)28/h4-6,8-11,13-16,18H,7,12,17H2,1-3H3,(H,26,29)/t18-/m1/s1. The molecule has 3 rings (SSSR count). The number of nitrogens with one attached hydrogen (secondary N) is 1. The smallest absolute Gasteiger partial charge is 0.242 e. The lowest BCUT2D eigenvalue weighted by Crippen LogP contribution is -2.30. The minimum absolute atomic E-state index is 0.119. The number of rotatable bonds is 9. The van der Waals surface area contributed by atoms with Crippen molar-refractivity contribution in [3.63, 3.8) is 0 Å². The van der Waals surface area contributed by atoms with E-state index in [1.165, 1.54) is 42.5 Å². The molecule has 0 aromatic heterocycles.